The highest BCUT2D eigenvalue weighted by Gasteiger charge is 2.07. The molecule has 96 valence electrons. The minimum atomic E-state index is 1.10. The Labute approximate surface area is 117 Å². The lowest BCUT2D eigenvalue weighted by molar-refractivity contribution is 1.38. The Kier molecular flexibility index (Phi) is 2.31. The van der Waals surface area contributed by atoms with Crippen molar-refractivity contribution in [1.82, 2.24) is 4.98 Å². The fourth-order valence-electron chi connectivity index (χ4n) is 2.99. The maximum atomic E-state index is 4.71. The molecule has 0 spiro atoms. The molecule has 4 aromatic rings. The topological polar surface area (TPSA) is 12.9 Å². The van der Waals surface area contributed by atoms with Crippen LogP contribution in [-0.2, 0) is 0 Å². The zero-order valence-corrected chi connectivity index (χ0v) is 11.6. The molecule has 0 saturated heterocycles. The maximum Gasteiger partial charge on any atom is 0.0786 e. The van der Waals surface area contributed by atoms with Gasteiger partial charge in [-0.3, -0.25) is 4.98 Å². The number of aryl methyl sites for hydroxylation is 2. The molecular formula is C19H15N. The van der Waals surface area contributed by atoms with Gasteiger partial charge in [0.2, 0.25) is 0 Å². The van der Waals surface area contributed by atoms with E-state index in [4.69, 9.17) is 4.98 Å². The van der Waals surface area contributed by atoms with Crippen molar-refractivity contribution < 1.29 is 0 Å². The van der Waals surface area contributed by atoms with E-state index >= 15 is 0 Å². The van der Waals surface area contributed by atoms with E-state index in [1.54, 1.807) is 0 Å². The summed E-state index contributed by atoms with van der Waals surface area (Å²) in [5.41, 5.74) is 3.78. The molecule has 0 amide bonds. The van der Waals surface area contributed by atoms with E-state index < -0.39 is 0 Å². The summed E-state index contributed by atoms with van der Waals surface area (Å²) in [5, 5.41) is 6.26. The van der Waals surface area contributed by atoms with E-state index in [1.165, 1.54) is 38.1 Å². The molecular weight excluding hydrogens is 242 g/mol. The van der Waals surface area contributed by atoms with Gasteiger partial charge in [-0.15, -0.1) is 0 Å². The smallest absolute Gasteiger partial charge is 0.0786 e. The Bertz CT molecular complexity index is 967. The van der Waals surface area contributed by atoms with E-state index in [0.717, 1.165) is 5.52 Å². The molecule has 1 heterocycles. The summed E-state index contributed by atoms with van der Waals surface area (Å²) in [5.74, 6) is 0. The number of fused-ring (bicyclic) bond motifs is 5. The first-order chi connectivity index (χ1) is 9.75. The Morgan fingerprint density at radius 3 is 2.30 bits per heavy atom. The molecule has 0 saturated carbocycles. The number of aromatic nitrogens is 1. The average Bonchev–Trinajstić information content (AvgIpc) is 2.50. The van der Waals surface area contributed by atoms with Crippen molar-refractivity contribution in [3.05, 3.63) is 65.9 Å². The molecule has 0 aliphatic heterocycles. The van der Waals surface area contributed by atoms with Gasteiger partial charge in [-0.05, 0) is 35.7 Å². The second kappa shape index (κ2) is 4.04. The molecule has 3 aromatic carbocycles. The lowest BCUT2D eigenvalue weighted by Crippen LogP contribution is -1.88. The summed E-state index contributed by atoms with van der Waals surface area (Å²) in [7, 11) is 0. The van der Waals surface area contributed by atoms with Crippen molar-refractivity contribution >= 4 is 32.4 Å². The van der Waals surface area contributed by atoms with Crippen LogP contribution >= 0.6 is 0 Å². The summed E-state index contributed by atoms with van der Waals surface area (Å²) in [6.45, 7) is 4.34. The van der Waals surface area contributed by atoms with Crippen LogP contribution in [0.1, 0.15) is 11.1 Å². The highest BCUT2D eigenvalue weighted by Crippen LogP contribution is 2.31. The fraction of sp³-hybridized carbons (Fsp3) is 0.105. The summed E-state index contributed by atoms with van der Waals surface area (Å²) in [6.07, 6.45) is 1.98. The SMILES string of the molecule is Cc1ccc2c(ccc3c4ccccc4cnc23)c1C. The van der Waals surface area contributed by atoms with Crippen LogP contribution < -0.4 is 0 Å². The van der Waals surface area contributed by atoms with E-state index in [-0.39, 0.29) is 0 Å². The number of rotatable bonds is 0. The lowest BCUT2D eigenvalue weighted by Gasteiger charge is -2.10. The molecule has 0 unspecified atom stereocenters. The van der Waals surface area contributed by atoms with Gasteiger partial charge in [0.05, 0.1) is 5.52 Å². The van der Waals surface area contributed by atoms with Gasteiger partial charge in [0, 0.05) is 22.4 Å². The quantitative estimate of drug-likeness (QED) is 0.397. The highest BCUT2D eigenvalue weighted by molar-refractivity contribution is 6.15. The third kappa shape index (κ3) is 1.47. The van der Waals surface area contributed by atoms with Crippen LogP contribution in [0.4, 0.5) is 0 Å². The summed E-state index contributed by atoms with van der Waals surface area (Å²) >= 11 is 0. The standard InChI is InChI=1S/C19H15N/c1-12-7-8-17-15(13(12)2)9-10-18-16-6-4-3-5-14(16)11-20-19(17)18/h3-11H,1-2H3. The second-order valence-electron chi connectivity index (χ2n) is 5.41. The van der Waals surface area contributed by atoms with Crippen LogP contribution in [0.2, 0.25) is 0 Å². The van der Waals surface area contributed by atoms with Crippen LogP contribution in [0.5, 0.6) is 0 Å². The summed E-state index contributed by atoms with van der Waals surface area (Å²) < 4.78 is 0. The molecule has 4 rings (SSSR count). The number of pyridine rings is 1. The van der Waals surface area contributed by atoms with Crippen LogP contribution in [-0.4, -0.2) is 4.98 Å². The van der Waals surface area contributed by atoms with Gasteiger partial charge >= 0.3 is 0 Å². The van der Waals surface area contributed by atoms with E-state index in [1.807, 2.05) is 6.20 Å². The minimum Gasteiger partial charge on any atom is -0.255 e. The molecule has 0 aliphatic rings. The van der Waals surface area contributed by atoms with Crippen molar-refractivity contribution in [1.29, 1.82) is 0 Å². The molecule has 1 nitrogen and oxygen atoms in total. The van der Waals surface area contributed by atoms with Gasteiger partial charge in [-0.1, -0.05) is 48.5 Å². The van der Waals surface area contributed by atoms with Gasteiger partial charge in [-0.25, -0.2) is 0 Å². The molecule has 0 aliphatic carbocycles. The first-order valence-corrected chi connectivity index (χ1v) is 6.92. The predicted molar refractivity (Wildman–Crippen MR) is 86.2 cm³/mol. The Balaban J connectivity index is 2.26. The molecule has 20 heavy (non-hydrogen) atoms. The summed E-state index contributed by atoms with van der Waals surface area (Å²) in [4.78, 5) is 4.71. The van der Waals surface area contributed by atoms with Crippen LogP contribution in [0.25, 0.3) is 32.4 Å². The fourth-order valence-corrected chi connectivity index (χ4v) is 2.99. The Morgan fingerprint density at radius 1 is 0.700 bits per heavy atom. The van der Waals surface area contributed by atoms with Crippen molar-refractivity contribution in [3.63, 3.8) is 0 Å². The third-order valence-electron chi connectivity index (χ3n) is 4.30. The van der Waals surface area contributed by atoms with Crippen LogP contribution in [0, 0.1) is 13.8 Å². The number of nitrogens with zero attached hydrogens (tertiary/aromatic N) is 1. The van der Waals surface area contributed by atoms with Crippen molar-refractivity contribution in [2.24, 2.45) is 0 Å². The maximum absolute atomic E-state index is 4.71. The van der Waals surface area contributed by atoms with Crippen molar-refractivity contribution in [2.75, 3.05) is 0 Å². The number of hydrogen-bond donors (Lipinski definition) is 0. The third-order valence-corrected chi connectivity index (χ3v) is 4.30. The number of hydrogen-bond acceptors (Lipinski definition) is 1. The lowest BCUT2D eigenvalue weighted by atomic mass is 9.97. The van der Waals surface area contributed by atoms with Gasteiger partial charge in [0.1, 0.15) is 0 Å². The molecule has 0 fully saturated rings. The van der Waals surface area contributed by atoms with E-state index in [0.29, 0.717) is 0 Å². The molecule has 0 atom stereocenters. The Morgan fingerprint density at radius 2 is 1.40 bits per heavy atom. The van der Waals surface area contributed by atoms with Crippen LogP contribution in [0.3, 0.4) is 0 Å². The number of benzene rings is 3. The second-order valence-corrected chi connectivity index (χ2v) is 5.41. The highest BCUT2D eigenvalue weighted by atomic mass is 14.7. The van der Waals surface area contributed by atoms with Crippen molar-refractivity contribution in [3.8, 4) is 0 Å². The average molecular weight is 257 g/mol. The van der Waals surface area contributed by atoms with E-state index in [2.05, 4.69) is 62.4 Å². The van der Waals surface area contributed by atoms with Crippen molar-refractivity contribution in [2.45, 2.75) is 13.8 Å². The van der Waals surface area contributed by atoms with Gasteiger partial charge in [0.25, 0.3) is 0 Å². The molecule has 1 aromatic heterocycles. The predicted octanol–water partition coefficient (Wildman–Crippen LogP) is 5.16. The van der Waals surface area contributed by atoms with Gasteiger partial charge in [-0.2, -0.15) is 0 Å². The largest absolute Gasteiger partial charge is 0.255 e. The van der Waals surface area contributed by atoms with Gasteiger partial charge in [0.15, 0.2) is 0 Å². The zero-order chi connectivity index (χ0) is 13.7. The minimum absolute atomic E-state index is 1.10. The van der Waals surface area contributed by atoms with Crippen LogP contribution in [0.15, 0.2) is 54.7 Å². The first-order valence-electron chi connectivity index (χ1n) is 6.92. The normalized spacial score (nSPS) is 11.5. The zero-order valence-electron chi connectivity index (χ0n) is 11.6. The molecule has 0 N–H and O–H groups in total. The first kappa shape index (κ1) is 11.4. The molecule has 0 radical (unpaired) electrons. The molecule has 1 heteroatoms. The molecule has 0 bridgehead atoms. The van der Waals surface area contributed by atoms with Gasteiger partial charge < -0.3 is 0 Å². The monoisotopic (exact) mass is 257 g/mol. The van der Waals surface area contributed by atoms with E-state index in [9.17, 15) is 0 Å². The Hall–Kier alpha value is -2.41. The summed E-state index contributed by atoms with van der Waals surface area (Å²) in [6, 6.07) is 17.3.